The summed E-state index contributed by atoms with van der Waals surface area (Å²) in [4.78, 5) is 4.66. The first-order valence-electron chi connectivity index (χ1n) is 18.7. The van der Waals surface area contributed by atoms with Crippen LogP contribution in [-0.4, -0.2) is 0 Å². The summed E-state index contributed by atoms with van der Waals surface area (Å²) in [5.41, 5.74) is 18.9. The fraction of sp³-hybridized carbons (Fsp3) is 0.0769. The predicted octanol–water partition coefficient (Wildman–Crippen LogP) is 14.9. The lowest BCUT2D eigenvalue weighted by Gasteiger charge is -2.26. The number of benzene rings is 8. The van der Waals surface area contributed by atoms with Gasteiger partial charge in [-0.2, -0.15) is 0 Å². The molecule has 54 heavy (non-hydrogen) atoms. The quantitative estimate of drug-likeness (QED) is 0.148. The second kappa shape index (κ2) is 15.1. The van der Waals surface area contributed by atoms with Crippen molar-refractivity contribution in [1.82, 2.24) is 0 Å². The first-order valence-corrected chi connectivity index (χ1v) is 18.7. The highest BCUT2D eigenvalue weighted by Gasteiger charge is 2.15. The molecule has 0 atom stereocenters. The molecule has 0 saturated carbocycles. The molecule has 0 radical (unpaired) electrons. The molecule has 262 valence electrons. The molecular formula is C52H44N2. The third kappa shape index (κ3) is 7.46. The Kier molecular flexibility index (Phi) is 9.66. The molecule has 0 N–H and O–H groups in total. The van der Waals surface area contributed by atoms with Crippen LogP contribution in [-0.2, 0) is 0 Å². The second-order valence-corrected chi connectivity index (χ2v) is 14.3. The standard InChI is InChI=1S/C52H44N2/c1-37-5-13-41(14-6-37)43-17-29-50(30-18-43)54(51-31-19-44(20-32-51)42-15-7-38(2)8-16-42)52-35-23-46(24-36-52)45-21-33-49(34-22-45)53(47-25-9-39(3)10-26-47)48-27-11-40(4)12-28-48/h5-36H,1-4H3. The maximum atomic E-state index is 2.34. The molecule has 0 unspecified atom stereocenters. The Balaban J connectivity index is 1.11. The Morgan fingerprint density at radius 1 is 0.185 bits per heavy atom. The number of hydrogen-bond acceptors (Lipinski definition) is 2. The summed E-state index contributed by atoms with van der Waals surface area (Å²) in [6.07, 6.45) is 0. The van der Waals surface area contributed by atoms with Crippen LogP contribution in [0.4, 0.5) is 34.1 Å². The molecular weight excluding hydrogens is 653 g/mol. The number of rotatable bonds is 9. The van der Waals surface area contributed by atoms with Crippen molar-refractivity contribution in [2.75, 3.05) is 9.80 Å². The maximum absolute atomic E-state index is 2.34. The van der Waals surface area contributed by atoms with Crippen LogP contribution in [0.5, 0.6) is 0 Å². The monoisotopic (exact) mass is 696 g/mol. The minimum atomic E-state index is 1.10. The summed E-state index contributed by atoms with van der Waals surface area (Å²) in [6, 6.07) is 70.6. The fourth-order valence-electron chi connectivity index (χ4n) is 6.99. The highest BCUT2D eigenvalue weighted by atomic mass is 15.1. The Labute approximate surface area is 320 Å². The summed E-state index contributed by atoms with van der Waals surface area (Å²) in [6.45, 7) is 8.51. The van der Waals surface area contributed by atoms with Crippen LogP contribution >= 0.6 is 0 Å². The van der Waals surface area contributed by atoms with Gasteiger partial charge in [-0.05, 0) is 134 Å². The number of aryl methyl sites for hydroxylation is 4. The molecule has 0 heterocycles. The van der Waals surface area contributed by atoms with Gasteiger partial charge in [0.1, 0.15) is 0 Å². The Morgan fingerprint density at radius 3 is 0.500 bits per heavy atom. The molecule has 0 saturated heterocycles. The van der Waals surface area contributed by atoms with Crippen molar-refractivity contribution in [2.45, 2.75) is 27.7 Å². The summed E-state index contributed by atoms with van der Waals surface area (Å²) in [5, 5.41) is 0. The van der Waals surface area contributed by atoms with Crippen molar-refractivity contribution in [1.29, 1.82) is 0 Å². The smallest absolute Gasteiger partial charge is 0.0462 e. The molecule has 0 fully saturated rings. The minimum absolute atomic E-state index is 1.10. The zero-order valence-corrected chi connectivity index (χ0v) is 31.4. The van der Waals surface area contributed by atoms with Gasteiger partial charge < -0.3 is 9.80 Å². The normalized spacial score (nSPS) is 11.0. The van der Waals surface area contributed by atoms with Gasteiger partial charge in [0.2, 0.25) is 0 Å². The van der Waals surface area contributed by atoms with Gasteiger partial charge in [0.15, 0.2) is 0 Å². The largest absolute Gasteiger partial charge is 0.311 e. The van der Waals surface area contributed by atoms with Crippen molar-refractivity contribution in [3.63, 3.8) is 0 Å². The molecule has 8 aromatic rings. The van der Waals surface area contributed by atoms with Crippen LogP contribution < -0.4 is 9.80 Å². The van der Waals surface area contributed by atoms with Crippen molar-refractivity contribution in [2.24, 2.45) is 0 Å². The van der Waals surface area contributed by atoms with E-state index in [4.69, 9.17) is 0 Å². The molecule has 0 amide bonds. The maximum Gasteiger partial charge on any atom is 0.0462 e. The average Bonchev–Trinajstić information content (AvgIpc) is 3.21. The van der Waals surface area contributed by atoms with Gasteiger partial charge in [-0.25, -0.2) is 0 Å². The van der Waals surface area contributed by atoms with E-state index in [0.717, 1.165) is 34.1 Å². The van der Waals surface area contributed by atoms with E-state index in [0.29, 0.717) is 0 Å². The lowest BCUT2D eigenvalue weighted by Crippen LogP contribution is -2.10. The van der Waals surface area contributed by atoms with E-state index in [1.54, 1.807) is 0 Å². The molecule has 0 aliphatic heterocycles. The summed E-state index contributed by atoms with van der Waals surface area (Å²) in [5.74, 6) is 0. The second-order valence-electron chi connectivity index (χ2n) is 14.3. The van der Waals surface area contributed by atoms with Crippen LogP contribution in [0.1, 0.15) is 22.3 Å². The molecule has 2 nitrogen and oxygen atoms in total. The van der Waals surface area contributed by atoms with Gasteiger partial charge in [0, 0.05) is 34.1 Å². The van der Waals surface area contributed by atoms with E-state index < -0.39 is 0 Å². The van der Waals surface area contributed by atoms with Gasteiger partial charge >= 0.3 is 0 Å². The zero-order valence-electron chi connectivity index (χ0n) is 31.4. The van der Waals surface area contributed by atoms with Crippen LogP contribution in [0.25, 0.3) is 33.4 Å². The first kappa shape index (κ1) is 34.4. The van der Waals surface area contributed by atoms with Crippen LogP contribution in [0, 0.1) is 27.7 Å². The lowest BCUT2D eigenvalue weighted by molar-refractivity contribution is 1.27. The first-order chi connectivity index (χ1) is 26.4. The molecule has 0 aliphatic carbocycles. The number of anilines is 6. The fourth-order valence-corrected chi connectivity index (χ4v) is 6.99. The third-order valence-electron chi connectivity index (χ3n) is 10.2. The van der Waals surface area contributed by atoms with E-state index in [-0.39, 0.29) is 0 Å². The number of nitrogens with zero attached hydrogens (tertiary/aromatic N) is 2. The average molecular weight is 697 g/mol. The third-order valence-corrected chi connectivity index (χ3v) is 10.2. The highest BCUT2D eigenvalue weighted by molar-refractivity contribution is 5.82. The molecule has 0 bridgehead atoms. The summed E-state index contributed by atoms with van der Waals surface area (Å²) >= 11 is 0. The molecule has 8 aromatic carbocycles. The minimum Gasteiger partial charge on any atom is -0.311 e. The molecule has 0 aliphatic rings. The van der Waals surface area contributed by atoms with Crippen LogP contribution in [0.15, 0.2) is 194 Å². The summed E-state index contributed by atoms with van der Waals surface area (Å²) in [7, 11) is 0. The SMILES string of the molecule is Cc1ccc(-c2ccc(N(c3ccc(-c4ccc(C)cc4)cc3)c3ccc(-c4ccc(N(c5ccc(C)cc5)c5ccc(C)cc5)cc4)cc3)cc2)cc1. The Bertz CT molecular complexity index is 2310. The summed E-state index contributed by atoms with van der Waals surface area (Å²) < 4.78 is 0. The van der Waals surface area contributed by atoms with Crippen molar-refractivity contribution in [3.05, 3.63) is 216 Å². The van der Waals surface area contributed by atoms with Gasteiger partial charge in [0.25, 0.3) is 0 Å². The zero-order chi connectivity index (χ0) is 37.0. The van der Waals surface area contributed by atoms with Crippen LogP contribution in [0.2, 0.25) is 0 Å². The van der Waals surface area contributed by atoms with Crippen molar-refractivity contribution >= 4 is 34.1 Å². The number of hydrogen-bond donors (Lipinski definition) is 0. The van der Waals surface area contributed by atoms with E-state index in [1.165, 1.54) is 55.6 Å². The van der Waals surface area contributed by atoms with Gasteiger partial charge in [-0.1, -0.05) is 144 Å². The van der Waals surface area contributed by atoms with E-state index in [2.05, 4.69) is 232 Å². The predicted molar refractivity (Wildman–Crippen MR) is 231 cm³/mol. The van der Waals surface area contributed by atoms with Gasteiger partial charge in [-0.15, -0.1) is 0 Å². The highest BCUT2D eigenvalue weighted by Crippen LogP contribution is 2.39. The molecule has 2 heteroatoms. The van der Waals surface area contributed by atoms with Crippen LogP contribution in [0.3, 0.4) is 0 Å². The Hall–Kier alpha value is -6.64. The Morgan fingerprint density at radius 2 is 0.315 bits per heavy atom. The molecule has 0 aromatic heterocycles. The molecule has 0 spiro atoms. The van der Waals surface area contributed by atoms with Crippen molar-refractivity contribution < 1.29 is 0 Å². The lowest BCUT2D eigenvalue weighted by atomic mass is 10.0. The van der Waals surface area contributed by atoms with Crippen molar-refractivity contribution in [3.8, 4) is 33.4 Å². The van der Waals surface area contributed by atoms with E-state index >= 15 is 0 Å². The van der Waals surface area contributed by atoms with E-state index in [9.17, 15) is 0 Å². The topological polar surface area (TPSA) is 6.48 Å². The van der Waals surface area contributed by atoms with Gasteiger partial charge in [0.05, 0.1) is 0 Å². The molecule has 8 rings (SSSR count). The van der Waals surface area contributed by atoms with Gasteiger partial charge in [-0.3, -0.25) is 0 Å². The van der Waals surface area contributed by atoms with E-state index in [1.807, 2.05) is 0 Å².